The molecular weight excluding hydrogens is 458 g/mol. The zero-order valence-electron chi connectivity index (χ0n) is 20.3. The molecule has 180 valence electrons. The molecule has 35 heavy (non-hydrogen) atoms. The molecule has 1 aliphatic rings. The predicted octanol–water partition coefficient (Wildman–Crippen LogP) is 6.43. The van der Waals surface area contributed by atoms with E-state index in [4.69, 9.17) is 26.3 Å². The van der Waals surface area contributed by atoms with Gasteiger partial charge >= 0.3 is 0 Å². The molecule has 0 saturated carbocycles. The average molecular weight is 488 g/mol. The quantitative estimate of drug-likeness (QED) is 0.338. The van der Waals surface area contributed by atoms with E-state index in [0.717, 1.165) is 59.2 Å². The monoisotopic (exact) mass is 487 g/mol. The highest BCUT2D eigenvalue weighted by molar-refractivity contribution is 6.33. The van der Waals surface area contributed by atoms with Crippen LogP contribution in [0.2, 0.25) is 5.02 Å². The van der Waals surface area contributed by atoms with E-state index in [9.17, 15) is 0 Å². The van der Waals surface area contributed by atoms with Crippen molar-refractivity contribution in [1.82, 2.24) is 19.9 Å². The number of fused-ring (bicyclic) bond motifs is 1. The molecule has 3 heterocycles. The van der Waals surface area contributed by atoms with Gasteiger partial charge in [-0.05, 0) is 54.8 Å². The highest BCUT2D eigenvalue weighted by atomic mass is 35.5. The minimum atomic E-state index is 0.208. The lowest BCUT2D eigenvalue weighted by Gasteiger charge is -2.30. The average Bonchev–Trinajstić information content (AvgIpc) is 2.84. The normalized spacial score (nSPS) is 16.7. The third-order valence-corrected chi connectivity index (χ3v) is 6.61. The first-order chi connectivity index (χ1) is 17.0. The van der Waals surface area contributed by atoms with Gasteiger partial charge in [0.15, 0.2) is 0 Å². The number of nitrogens with one attached hydrogen (secondary N) is 1. The second-order valence-corrected chi connectivity index (χ2v) is 9.78. The van der Waals surface area contributed by atoms with Crippen molar-refractivity contribution in [2.75, 3.05) is 25.0 Å². The van der Waals surface area contributed by atoms with Gasteiger partial charge in [0.25, 0.3) is 0 Å². The van der Waals surface area contributed by atoms with Crippen LogP contribution in [-0.4, -0.2) is 45.7 Å². The van der Waals surface area contributed by atoms with Crippen molar-refractivity contribution in [3.05, 3.63) is 77.2 Å². The summed E-state index contributed by atoms with van der Waals surface area (Å²) in [5.41, 5.74) is 4.84. The lowest BCUT2D eigenvalue weighted by atomic mass is 10.0. The lowest BCUT2D eigenvalue weighted by molar-refractivity contribution is -0.0219. The number of rotatable bonds is 6. The minimum absolute atomic E-state index is 0.208. The van der Waals surface area contributed by atoms with Gasteiger partial charge in [0.1, 0.15) is 11.6 Å². The molecule has 7 heteroatoms. The van der Waals surface area contributed by atoms with Crippen LogP contribution < -0.4 is 5.32 Å². The fourth-order valence-electron chi connectivity index (χ4n) is 4.41. The molecule has 0 spiro atoms. The summed E-state index contributed by atoms with van der Waals surface area (Å²) in [4.78, 5) is 16.7. The molecule has 1 fully saturated rings. The molecule has 0 aliphatic carbocycles. The van der Waals surface area contributed by atoms with Gasteiger partial charge in [-0.3, -0.25) is 9.88 Å². The molecule has 1 saturated heterocycles. The number of hydrogen-bond acceptors (Lipinski definition) is 6. The number of benzene rings is 2. The standard InChI is InChI=1S/C28H30ClN5O/c1-18(2)20-6-9-22(10-7-20)31-28-23-11-8-21(27-24(29)5-4-12-30-27)15-25(23)32-26(33-28)17-34-13-14-35-19(3)16-34/h4-12,15,18-19H,13-14,16-17H2,1-3H3,(H,31,32,33). The van der Waals surface area contributed by atoms with Gasteiger partial charge in [-0.25, -0.2) is 9.97 Å². The Morgan fingerprint density at radius 1 is 1.11 bits per heavy atom. The smallest absolute Gasteiger partial charge is 0.145 e. The van der Waals surface area contributed by atoms with Crippen LogP contribution in [0, 0.1) is 0 Å². The van der Waals surface area contributed by atoms with Gasteiger partial charge in [-0.15, -0.1) is 0 Å². The van der Waals surface area contributed by atoms with Gasteiger partial charge in [-0.1, -0.05) is 43.6 Å². The SMILES string of the molecule is CC1CN(Cc2nc(Nc3ccc(C(C)C)cc3)c3ccc(-c4ncccc4Cl)cc3n2)CCO1. The molecule has 6 nitrogen and oxygen atoms in total. The Kier molecular flexibility index (Phi) is 6.95. The number of aromatic nitrogens is 3. The Balaban J connectivity index is 1.54. The van der Waals surface area contributed by atoms with Crippen molar-refractivity contribution < 1.29 is 4.74 Å². The number of anilines is 2. The summed E-state index contributed by atoms with van der Waals surface area (Å²) in [6.45, 7) is 9.63. The van der Waals surface area contributed by atoms with E-state index in [1.165, 1.54) is 5.56 Å². The van der Waals surface area contributed by atoms with Crippen molar-refractivity contribution >= 4 is 34.0 Å². The number of morpholine rings is 1. The first kappa shape index (κ1) is 23.7. The highest BCUT2D eigenvalue weighted by Crippen LogP contribution is 2.31. The largest absolute Gasteiger partial charge is 0.376 e. The first-order valence-electron chi connectivity index (χ1n) is 12.1. The van der Waals surface area contributed by atoms with Crippen LogP contribution in [0.3, 0.4) is 0 Å². The second kappa shape index (κ2) is 10.3. The molecule has 0 bridgehead atoms. The van der Waals surface area contributed by atoms with Crippen LogP contribution in [0.1, 0.15) is 38.1 Å². The molecule has 0 amide bonds. The molecule has 1 atom stereocenters. The van der Waals surface area contributed by atoms with Gasteiger partial charge in [0.2, 0.25) is 0 Å². The summed E-state index contributed by atoms with van der Waals surface area (Å²) in [7, 11) is 0. The molecule has 2 aromatic carbocycles. The van der Waals surface area contributed by atoms with E-state index in [1.807, 2.05) is 30.3 Å². The Hall–Kier alpha value is -3.06. The molecule has 2 aromatic heterocycles. The summed E-state index contributed by atoms with van der Waals surface area (Å²) in [5.74, 6) is 2.06. The Labute approximate surface area is 211 Å². The Morgan fingerprint density at radius 2 is 1.94 bits per heavy atom. The van der Waals surface area contributed by atoms with Gasteiger partial charge in [0.05, 0.1) is 35.5 Å². The van der Waals surface area contributed by atoms with Gasteiger partial charge < -0.3 is 10.1 Å². The number of hydrogen-bond donors (Lipinski definition) is 1. The number of nitrogens with zero attached hydrogens (tertiary/aromatic N) is 4. The summed E-state index contributed by atoms with van der Waals surface area (Å²) in [6.07, 6.45) is 1.96. The van der Waals surface area contributed by atoms with Crippen LogP contribution in [0.15, 0.2) is 60.8 Å². The summed E-state index contributed by atoms with van der Waals surface area (Å²) >= 11 is 6.43. The van der Waals surface area contributed by atoms with Crippen LogP contribution >= 0.6 is 11.6 Å². The fraction of sp³-hybridized carbons (Fsp3) is 0.321. The summed E-state index contributed by atoms with van der Waals surface area (Å²) in [6, 6.07) is 18.3. The predicted molar refractivity (Wildman–Crippen MR) is 142 cm³/mol. The number of halogens is 1. The lowest BCUT2D eigenvalue weighted by Crippen LogP contribution is -2.40. The van der Waals surface area contributed by atoms with Crippen molar-refractivity contribution in [3.8, 4) is 11.3 Å². The van der Waals surface area contributed by atoms with Gasteiger partial charge in [-0.2, -0.15) is 0 Å². The van der Waals surface area contributed by atoms with Crippen molar-refractivity contribution in [2.45, 2.75) is 39.3 Å². The molecule has 5 rings (SSSR count). The topological polar surface area (TPSA) is 63.2 Å². The third kappa shape index (κ3) is 5.45. The van der Waals surface area contributed by atoms with Crippen molar-refractivity contribution in [1.29, 1.82) is 0 Å². The van der Waals surface area contributed by atoms with Crippen LogP contribution in [-0.2, 0) is 11.3 Å². The molecule has 1 N–H and O–H groups in total. The van der Waals surface area contributed by atoms with E-state index in [1.54, 1.807) is 6.20 Å². The fourth-order valence-corrected chi connectivity index (χ4v) is 4.64. The Morgan fingerprint density at radius 3 is 2.69 bits per heavy atom. The van der Waals surface area contributed by atoms with Crippen molar-refractivity contribution in [2.24, 2.45) is 0 Å². The van der Waals surface area contributed by atoms with Crippen LogP contribution in [0.25, 0.3) is 22.2 Å². The zero-order chi connectivity index (χ0) is 24.4. The minimum Gasteiger partial charge on any atom is -0.376 e. The van der Waals surface area contributed by atoms with Crippen LogP contribution in [0.5, 0.6) is 0 Å². The molecule has 0 radical (unpaired) electrons. The molecular formula is C28H30ClN5O. The van der Waals surface area contributed by atoms with E-state index in [0.29, 0.717) is 17.5 Å². The van der Waals surface area contributed by atoms with Gasteiger partial charge in [0, 0.05) is 35.9 Å². The third-order valence-electron chi connectivity index (χ3n) is 6.31. The zero-order valence-corrected chi connectivity index (χ0v) is 21.1. The molecule has 1 aliphatic heterocycles. The van der Waals surface area contributed by atoms with E-state index >= 15 is 0 Å². The molecule has 4 aromatic rings. The summed E-state index contributed by atoms with van der Waals surface area (Å²) < 4.78 is 5.71. The second-order valence-electron chi connectivity index (χ2n) is 9.37. The number of pyridine rings is 1. The number of ether oxygens (including phenoxy) is 1. The first-order valence-corrected chi connectivity index (χ1v) is 12.5. The molecule has 1 unspecified atom stereocenters. The van der Waals surface area contributed by atoms with Crippen molar-refractivity contribution in [3.63, 3.8) is 0 Å². The highest BCUT2D eigenvalue weighted by Gasteiger charge is 2.19. The maximum atomic E-state index is 6.43. The summed E-state index contributed by atoms with van der Waals surface area (Å²) in [5, 5.41) is 5.10. The maximum absolute atomic E-state index is 6.43. The maximum Gasteiger partial charge on any atom is 0.145 e. The van der Waals surface area contributed by atoms with E-state index in [2.05, 4.69) is 60.2 Å². The Bertz CT molecular complexity index is 1320. The van der Waals surface area contributed by atoms with E-state index < -0.39 is 0 Å². The van der Waals surface area contributed by atoms with E-state index in [-0.39, 0.29) is 6.10 Å². The van der Waals surface area contributed by atoms with Crippen LogP contribution in [0.4, 0.5) is 11.5 Å².